The van der Waals surface area contributed by atoms with E-state index in [2.05, 4.69) is 10.4 Å². The van der Waals surface area contributed by atoms with Gasteiger partial charge in [0.2, 0.25) is 0 Å². The molecule has 1 aliphatic heterocycles. The van der Waals surface area contributed by atoms with Crippen molar-refractivity contribution in [3.63, 3.8) is 0 Å². The van der Waals surface area contributed by atoms with Gasteiger partial charge in [-0.1, -0.05) is 0 Å². The standard InChI is InChI=1S/C16H19N5O3.ClH/c1-17-10-12-6-8-19(11-12)16(22)15-7-9-20(18-15)13-2-4-14(5-3-13)21(23)24;/h2-5,7,9,12,17H,6,8,10-11H2,1H3;1H. The van der Waals surface area contributed by atoms with E-state index in [0.29, 0.717) is 17.3 Å². The minimum atomic E-state index is -0.448. The van der Waals surface area contributed by atoms with Gasteiger partial charge in [0.05, 0.1) is 10.6 Å². The van der Waals surface area contributed by atoms with Crippen LogP contribution in [0.4, 0.5) is 5.69 Å². The zero-order valence-corrected chi connectivity index (χ0v) is 14.6. The van der Waals surface area contributed by atoms with Crippen LogP contribution in [0, 0.1) is 16.0 Å². The summed E-state index contributed by atoms with van der Waals surface area (Å²) in [6.07, 6.45) is 2.69. The molecule has 1 aromatic heterocycles. The van der Waals surface area contributed by atoms with Gasteiger partial charge < -0.3 is 10.2 Å². The average Bonchev–Trinajstić information content (AvgIpc) is 3.24. The summed E-state index contributed by atoms with van der Waals surface area (Å²) in [7, 11) is 1.91. The van der Waals surface area contributed by atoms with Gasteiger partial charge in [-0.2, -0.15) is 5.10 Å². The van der Waals surface area contributed by atoms with Crippen LogP contribution in [0.5, 0.6) is 0 Å². The summed E-state index contributed by atoms with van der Waals surface area (Å²) in [6, 6.07) is 7.73. The maximum Gasteiger partial charge on any atom is 0.274 e. The second-order valence-corrected chi connectivity index (χ2v) is 5.88. The SMILES string of the molecule is CNCC1CCN(C(=O)c2ccn(-c3ccc([N+](=O)[O-])cc3)n2)C1.Cl. The summed E-state index contributed by atoms with van der Waals surface area (Å²) < 4.78 is 1.55. The number of halogens is 1. The number of aromatic nitrogens is 2. The number of nitrogens with zero attached hydrogens (tertiary/aromatic N) is 4. The third kappa shape index (κ3) is 4.15. The number of amides is 1. The quantitative estimate of drug-likeness (QED) is 0.645. The molecule has 1 atom stereocenters. The Morgan fingerprint density at radius 3 is 2.72 bits per heavy atom. The zero-order valence-electron chi connectivity index (χ0n) is 13.8. The topological polar surface area (TPSA) is 93.3 Å². The van der Waals surface area contributed by atoms with Crippen molar-refractivity contribution < 1.29 is 9.72 Å². The van der Waals surface area contributed by atoms with Gasteiger partial charge in [-0.15, -0.1) is 12.4 Å². The Morgan fingerprint density at radius 1 is 1.36 bits per heavy atom. The molecule has 1 aromatic carbocycles. The molecule has 8 nitrogen and oxygen atoms in total. The highest BCUT2D eigenvalue weighted by molar-refractivity contribution is 5.92. The Kier molecular flexibility index (Phi) is 6.11. The van der Waals surface area contributed by atoms with E-state index < -0.39 is 4.92 Å². The van der Waals surface area contributed by atoms with E-state index in [4.69, 9.17) is 0 Å². The first-order chi connectivity index (χ1) is 11.6. The van der Waals surface area contributed by atoms with Crippen LogP contribution in [-0.2, 0) is 0 Å². The number of likely N-dealkylation sites (tertiary alicyclic amines) is 1. The fourth-order valence-electron chi connectivity index (χ4n) is 2.94. The third-order valence-corrected chi connectivity index (χ3v) is 4.20. The lowest BCUT2D eigenvalue weighted by Gasteiger charge is -2.15. The van der Waals surface area contributed by atoms with Gasteiger partial charge >= 0.3 is 0 Å². The number of nitrogens with one attached hydrogen (secondary N) is 1. The molecule has 0 radical (unpaired) electrons. The number of rotatable bonds is 5. The van der Waals surface area contributed by atoms with Crippen LogP contribution in [-0.4, -0.2) is 52.2 Å². The predicted octanol–water partition coefficient (Wildman–Crippen LogP) is 1.88. The van der Waals surface area contributed by atoms with E-state index in [0.717, 1.165) is 26.1 Å². The minimum Gasteiger partial charge on any atom is -0.337 e. The molecule has 2 aromatic rings. The molecule has 1 unspecified atom stereocenters. The lowest BCUT2D eigenvalue weighted by Crippen LogP contribution is -2.30. The van der Waals surface area contributed by atoms with Crippen molar-refractivity contribution in [2.45, 2.75) is 6.42 Å². The number of non-ortho nitro benzene ring substituents is 1. The summed E-state index contributed by atoms with van der Waals surface area (Å²) in [5.41, 5.74) is 1.09. The summed E-state index contributed by atoms with van der Waals surface area (Å²) in [6.45, 7) is 2.39. The fourth-order valence-corrected chi connectivity index (χ4v) is 2.94. The van der Waals surface area contributed by atoms with Crippen molar-refractivity contribution in [1.82, 2.24) is 20.0 Å². The maximum atomic E-state index is 12.5. The van der Waals surface area contributed by atoms with Gasteiger partial charge in [-0.25, -0.2) is 4.68 Å². The predicted molar refractivity (Wildman–Crippen MR) is 95.4 cm³/mol. The van der Waals surface area contributed by atoms with Crippen LogP contribution in [0.2, 0.25) is 0 Å². The zero-order chi connectivity index (χ0) is 17.1. The summed E-state index contributed by atoms with van der Waals surface area (Å²) in [5.74, 6) is 0.407. The minimum absolute atomic E-state index is 0. The molecule has 134 valence electrons. The van der Waals surface area contributed by atoms with Crippen molar-refractivity contribution in [3.05, 3.63) is 52.3 Å². The molecule has 0 saturated carbocycles. The van der Waals surface area contributed by atoms with Crippen LogP contribution in [0.15, 0.2) is 36.5 Å². The molecular weight excluding hydrogens is 346 g/mol. The molecule has 1 amide bonds. The smallest absolute Gasteiger partial charge is 0.274 e. The van der Waals surface area contributed by atoms with E-state index in [1.165, 1.54) is 12.1 Å². The van der Waals surface area contributed by atoms with Gasteiger partial charge in [0, 0.05) is 31.4 Å². The van der Waals surface area contributed by atoms with Crippen molar-refractivity contribution in [2.24, 2.45) is 5.92 Å². The Balaban J connectivity index is 0.00000225. The van der Waals surface area contributed by atoms with Gasteiger partial charge in [-0.05, 0) is 44.1 Å². The fraction of sp³-hybridized carbons (Fsp3) is 0.375. The summed E-state index contributed by atoms with van der Waals surface area (Å²) in [5, 5.41) is 18.1. The molecule has 9 heteroatoms. The first-order valence-corrected chi connectivity index (χ1v) is 7.83. The van der Waals surface area contributed by atoms with Crippen molar-refractivity contribution in [2.75, 3.05) is 26.7 Å². The Morgan fingerprint density at radius 2 is 2.08 bits per heavy atom. The Hall–Kier alpha value is -2.45. The van der Waals surface area contributed by atoms with Gasteiger partial charge in [0.15, 0.2) is 5.69 Å². The normalized spacial score (nSPS) is 16.5. The van der Waals surface area contributed by atoms with Gasteiger partial charge in [0.1, 0.15) is 0 Å². The van der Waals surface area contributed by atoms with Gasteiger partial charge in [-0.3, -0.25) is 14.9 Å². The summed E-state index contributed by atoms with van der Waals surface area (Å²) in [4.78, 5) is 24.6. The number of hydrogen-bond donors (Lipinski definition) is 1. The Bertz CT molecular complexity index is 746. The number of carbonyl (C=O) groups excluding carboxylic acids is 1. The lowest BCUT2D eigenvalue weighted by molar-refractivity contribution is -0.384. The highest BCUT2D eigenvalue weighted by atomic mass is 35.5. The van der Waals surface area contributed by atoms with Crippen LogP contribution in [0.3, 0.4) is 0 Å². The number of nitro groups is 1. The van der Waals surface area contributed by atoms with Crippen molar-refractivity contribution >= 4 is 24.0 Å². The molecule has 1 aliphatic rings. The largest absolute Gasteiger partial charge is 0.337 e. The first kappa shape index (κ1) is 18.9. The van der Waals surface area contributed by atoms with E-state index >= 15 is 0 Å². The Labute approximate surface area is 151 Å². The van der Waals surface area contributed by atoms with Gasteiger partial charge in [0.25, 0.3) is 11.6 Å². The first-order valence-electron chi connectivity index (χ1n) is 7.83. The second kappa shape index (κ2) is 8.09. The number of benzene rings is 1. The molecular formula is C16H20ClN5O3. The monoisotopic (exact) mass is 365 g/mol. The maximum absolute atomic E-state index is 12.5. The molecule has 25 heavy (non-hydrogen) atoms. The molecule has 0 spiro atoms. The average molecular weight is 366 g/mol. The van der Waals surface area contributed by atoms with E-state index in [1.54, 1.807) is 29.1 Å². The molecule has 1 fully saturated rings. The van der Waals surface area contributed by atoms with E-state index in [1.807, 2.05) is 11.9 Å². The van der Waals surface area contributed by atoms with Crippen LogP contribution in [0.25, 0.3) is 5.69 Å². The molecule has 0 bridgehead atoms. The third-order valence-electron chi connectivity index (χ3n) is 4.20. The lowest BCUT2D eigenvalue weighted by atomic mass is 10.1. The van der Waals surface area contributed by atoms with Crippen molar-refractivity contribution in [3.8, 4) is 5.69 Å². The molecule has 0 aliphatic carbocycles. The molecule has 2 heterocycles. The highest BCUT2D eigenvalue weighted by Crippen LogP contribution is 2.19. The second-order valence-electron chi connectivity index (χ2n) is 5.88. The molecule has 1 saturated heterocycles. The summed E-state index contributed by atoms with van der Waals surface area (Å²) >= 11 is 0. The molecule has 1 N–H and O–H groups in total. The molecule has 3 rings (SSSR count). The van der Waals surface area contributed by atoms with Crippen LogP contribution in [0.1, 0.15) is 16.9 Å². The number of carbonyl (C=O) groups is 1. The van der Waals surface area contributed by atoms with Crippen LogP contribution < -0.4 is 5.32 Å². The van der Waals surface area contributed by atoms with E-state index in [9.17, 15) is 14.9 Å². The number of hydrogen-bond acceptors (Lipinski definition) is 5. The van der Waals surface area contributed by atoms with Crippen molar-refractivity contribution in [1.29, 1.82) is 0 Å². The number of nitro benzene ring substituents is 1. The van der Waals surface area contributed by atoms with Crippen LogP contribution >= 0.6 is 12.4 Å². The van der Waals surface area contributed by atoms with E-state index in [-0.39, 0.29) is 24.0 Å². The highest BCUT2D eigenvalue weighted by Gasteiger charge is 2.27.